The van der Waals surface area contributed by atoms with Crippen LogP contribution >= 0.6 is 0 Å². The maximum Gasteiger partial charge on any atom is 0.118 e. The molecule has 0 aromatic carbocycles. The van der Waals surface area contributed by atoms with Crippen LogP contribution in [0, 0.1) is 5.92 Å². The molecule has 0 aromatic heterocycles. The predicted molar refractivity (Wildman–Crippen MR) is 44.6 cm³/mol. The van der Waals surface area contributed by atoms with Crippen molar-refractivity contribution in [2.24, 2.45) is 23.1 Å². The molecule has 5 nitrogen and oxygen atoms in total. The number of hydrogen-bond acceptors (Lipinski definition) is 5. The summed E-state index contributed by atoms with van der Waals surface area (Å²) in [5, 5.41) is 18.6. The van der Waals surface area contributed by atoms with Gasteiger partial charge in [0.2, 0.25) is 0 Å². The zero-order chi connectivity index (χ0) is 9.35. The predicted octanol–water partition coefficient (Wildman–Crippen LogP) is -1.96. The molecule has 1 aliphatic carbocycles. The Hall–Kier alpha value is -0.200. The molecule has 1 fully saturated rings. The van der Waals surface area contributed by atoms with Crippen molar-refractivity contribution >= 4 is 0 Å². The minimum absolute atomic E-state index is 0.212. The summed E-state index contributed by atoms with van der Waals surface area (Å²) in [6.45, 7) is 0. The zero-order valence-electron chi connectivity index (χ0n) is 6.98. The van der Waals surface area contributed by atoms with Crippen LogP contribution in [0.25, 0.3) is 0 Å². The molecule has 1 aliphatic rings. The van der Waals surface area contributed by atoms with Gasteiger partial charge in [-0.25, -0.2) is 0 Å². The molecule has 0 spiro atoms. The molecule has 0 aliphatic heterocycles. The number of hydrogen-bond donors (Lipinski definition) is 5. The molecule has 0 bridgehead atoms. The summed E-state index contributed by atoms with van der Waals surface area (Å²) in [6, 6.07) is 0. The van der Waals surface area contributed by atoms with Crippen molar-refractivity contribution in [2.45, 2.75) is 37.3 Å². The Labute approximate surface area is 71.5 Å². The highest BCUT2D eigenvalue weighted by Gasteiger charge is 2.35. The van der Waals surface area contributed by atoms with E-state index in [1.807, 2.05) is 0 Å². The summed E-state index contributed by atoms with van der Waals surface area (Å²) in [4.78, 5) is 0. The second kappa shape index (κ2) is 3.27. The van der Waals surface area contributed by atoms with Crippen molar-refractivity contribution < 1.29 is 10.2 Å². The van der Waals surface area contributed by atoms with Crippen LogP contribution in [0.2, 0.25) is 0 Å². The number of aliphatic hydroxyl groups excluding tert-OH is 2. The molecule has 1 rings (SSSR count). The Kier molecular flexibility index (Phi) is 2.70. The van der Waals surface area contributed by atoms with Gasteiger partial charge < -0.3 is 27.4 Å². The lowest BCUT2D eigenvalue weighted by Gasteiger charge is -2.37. The Balaban J connectivity index is 2.55. The van der Waals surface area contributed by atoms with Crippen LogP contribution in [-0.4, -0.2) is 28.2 Å². The third kappa shape index (κ3) is 2.40. The highest BCUT2D eigenvalue weighted by Crippen LogP contribution is 2.27. The van der Waals surface area contributed by atoms with Crippen LogP contribution in [0.15, 0.2) is 0 Å². The fourth-order valence-corrected chi connectivity index (χ4v) is 1.67. The molecule has 0 heterocycles. The minimum atomic E-state index is -1.29. The number of nitrogens with two attached hydrogens (primary N) is 3. The van der Waals surface area contributed by atoms with Gasteiger partial charge in [0.15, 0.2) is 0 Å². The van der Waals surface area contributed by atoms with E-state index in [0.717, 1.165) is 0 Å². The quantitative estimate of drug-likeness (QED) is 0.296. The first-order valence-corrected chi connectivity index (χ1v) is 4.12. The maximum atomic E-state index is 9.29. The van der Waals surface area contributed by atoms with Gasteiger partial charge in [0, 0.05) is 5.92 Å². The topological polar surface area (TPSA) is 119 Å². The van der Waals surface area contributed by atoms with Crippen LogP contribution in [0.4, 0.5) is 0 Å². The van der Waals surface area contributed by atoms with E-state index in [4.69, 9.17) is 17.2 Å². The van der Waals surface area contributed by atoms with Crippen LogP contribution in [0.5, 0.6) is 0 Å². The van der Waals surface area contributed by atoms with Crippen molar-refractivity contribution in [2.75, 3.05) is 0 Å². The van der Waals surface area contributed by atoms with Gasteiger partial charge in [0.1, 0.15) is 5.79 Å². The molecule has 72 valence electrons. The molecule has 0 saturated heterocycles. The summed E-state index contributed by atoms with van der Waals surface area (Å²) in [7, 11) is 0. The van der Waals surface area contributed by atoms with E-state index in [9.17, 15) is 10.2 Å². The maximum absolute atomic E-state index is 9.29. The molecular weight excluding hydrogens is 158 g/mol. The monoisotopic (exact) mass is 175 g/mol. The van der Waals surface area contributed by atoms with Crippen molar-refractivity contribution in [3.63, 3.8) is 0 Å². The van der Waals surface area contributed by atoms with Gasteiger partial charge in [-0.1, -0.05) is 0 Å². The van der Waals surface area contributed by atoms with Gasteiger partial charge in [-0.3, -0.25) is 0 Å². The van der Waals surface area contributed by atoms with E-state index < -0.39 is 18.0 Å². The van der Waals surface area contributed by atoms with Gasteiger partial charge in [-0.05, 0) is 19.3 Å². The van der Waals surface area contributed by atoms with Gasteiger partial charge >= 0.3 is 0 Å². The minimum Gasteiger partial charge on any atom is -0.393 e. The second-order valence-corrected chi connectivity index (χ2v) is 3.71. The molecule has 8 N–H and O–H groups in total. The summed E-state index contributed by atoms with van der Waals surface area (Å²) in [5.74, 6) is -1.50. The standard InChI is InChI=1S/C7H17N3O2/c8-7(9,10)4-1-5(11)3-6(12)2-4/h4-6,11-12H,1-3,8-10H2. The first-order valence-electron chi connectivity index (χ1n) is 4.12. The van der Waals surface area contributed by atoms with Crippen LogP contribution in [0.1, 0.15) is 19.3 Å². The molecule has 2 atom stereocenters. The summed E-state index contributed by atoms with van der Waals surface area (Å²) in [6.07, 6.45) is 0.274. The first kappa shape index (κ1) is 9.88. The Morgan fingerprint density at radius 3 is 1.67 bits per heavy atom. The molecule has 0 amide bonds. The first-order chi connectivity index (χ1) is 5.39. The summed E-state index contributed by atoms with van der Waals surface area (Å²) < 4.78 is 0. The van der Waals surface area contributed by atoms with Crippen LogP contribution in [-0.2, 0) is 0 Å². The zero-order valence-corrected chi connectivity index (χ0v) is 6.98. The normalized spacial score (nSPS) is 38.2. The molecule has 5 heteroatoms. The molecule has 12 heavy (non-hydrogen) atoms. The van der Waals surface area contributed by atoms with Crippen molar-refractivity contribution in [3.8, 4) is 0 Å². The van der Waals surface area contributed by atoms with Crippen molar-refractivity contribution in [1.29, 1.82) is 0 Å². The van der Waals surface area contributed by atoms with E-state index in [1.54, 1.807) is 0 Å². The highest BCUT2D eigenvalue weighted by molar-refractivity contribution is 4.87. The molecular formula is C7H17N3O2. The summed E-state index contributed by atoms with van der Waals surface area (Å²) >= 11 is 0. The third-order valence-electron chi connectivity index (χ3n) is 2.36. The van der Waals surface area contributed by atoms with Crippen LogP contribution in [0.3, 0.4) is 0 Å². The van der Waals surface area contributed by atoms with E-state index in [-0.39, 0.29) is 5.92 Å². The lowest BCUT2D eigenvalue weighted by Crippen LogP contribution is -2.65. The second-order valence-electron chi connectivity index (χ2n) is 3.71. The van der Waals surface area contributed by atoms with Crippen molar-refractivity contribution in [1.82, 2.24) is 0 Å². The van der Waals surface area contributed by atoms with Gasteiger partial charge in [-0.2, -0.15) is 0 Å². The van der Waals surface area contributed by atoms with Crippen LogP contribution < -0.4 is 17.2 Å². The van der Waals surface area contributed by atoms with E-state index in [1.165, 1.54) is 0 Å². The molecule has 1 saturated carbocycles. The van der Waals surface area contributed by atoms with Crippen molar-refractivity contribution in [3.05, 3.63) is 0 Å². The van der Waals surface area contributed by atoms with Gasteiger partial charge in [-0.15, -0.1) is 0 Å². The Morgan fingerprint density at radius 1 is 0.917 bits per heavy atom. The average molecular weight is 175 g/mol. The molecule has 2 unspecified atom stereocenters. The smallest absolute Gasteiger partial charge is 0.118 e. The lowest BCUT2D eigenvalue weighted by molar-refractivity contribution is -0.00564. The van der Waals surface area contributed by atoms with E-state index in [2.05, 4.69) is 0 Å². The number of aliphatic hydroxyl groups is 2. The van der Waals surface area contributed by atoms with E-state index >= 15 is 0 Å². The largest absolute Gasteiger partial charge is 0.393 e. The Bertz CT molecular complexity index is 147. The molecule has 0 radical (unpaired) electrons. The van der Waals surface area contributed by atoms with Gasteiger partial charge in [0.05, 0.1) is 12.2 Å². The third-order valence-corrected chi connectivity index (χ3v) is 2.36. The fraction of sp³-hybridized carbons (Fsp3) is 1.00. The van der Waals surface area contributed by atoms with E-state index in [0.29, 0.717) is 19.3 Å². The summed E-state index contributed by atoms with van der Waals surface area (Å²) in [5.41, 5.74) is 16.4. The SMILES string of the molecule is NC(N)(N)C1CC(O)CC(O)C1. The number of rotatable bonds is 1. The van der Waals surface area contributed by atoms with Gasteiger partial charge in [0.25, 0.3) is 0 Å². The Morgan fingerprint density at radius 2 is 1.33 bits per heavy atom. The lowest BCUT2D eigenvalue weighted by atomic mass is 9.81. The fourth-order valence-electron chi connectivity index (χ4n) is 1.67. The average Bonchev–Trinajstić information content (AvgIpc) is 1.82. The highest BCUT2D eigenvalue weighted by atomic mass is 16.3. The molecule has 0 aromatic rings.